The zero-order valence-electron chi connectivity index (χ0n) is 23.2. The molecule has 2 heterocycles. The molecule has 5 N–H and O–H groups in total. The van der Waals surface area contributed by atoms with E-state index in [-0.39, 0.29) is 11.3 Å². The third-order valence-electron chi connectivity index (χ3n) is 7.40. The van der Waals surface area contributed by atoms with E-state index in [2.05, 4.69) is 9.88 Å². The van der Waals surface area contributed by atoms with Gasteiger partial charge in [0.2, 0.25) is 0 Å². The summed E-state index contributed by atoms with van der Waals surface area (Å²) in [5.41, 5.74) is 9.87. The summed E-state index contributed by atoms with van der Waals surface area (Å²) >= 11 is 0. The van der Waals surface area contributed by atoms with Crippen molar-refractivity contribution in [2.45, 2.75) is 59.2 Å². The summed E-state index contributed by atoms with van der Waals surface area (Å²) in [4.78, 5) is 19.0. The molecule has 1 aromatic heterocycles. The maximum absolute atomic E-state index is 15.7. The van der Waals surface area contributed by atoms with Gasteiger partial charge in [-0.25, -0.2) is 10.2 Å². The first-order valence-electron chi connectivity index (χ1n) is 13.2. The first kappa shape index (κ1) is 28.3. The van der Waals surface area contributed by atoms with Crippen molar-refractivity contribution in [3.63, 3.8) is 0 Å². The third kappa shape index (κ3) is 5.99. The summed E-state index contributed by atoms with van der Waals surface area (Å²) < 4.78 is 22.0. The van der Waals surface area contributed by atoms with Crippen LogP contribution in [0.4, 0.5) is 15.8 Å². The largest absolute Gasteiger partial charge is 0.485 e. The molecule has 0 spiro atoms. The van der Waals surface area contributed by atoms with Crippen LogP contribution in [0.1, 0.15) is 61.6 Å². The fraction of sp³-hybridized carbons (Fsp3) is 0.400. The number of carboxylic acids is 1. The number of nitrogen functional groups attached to an aromatic ring is 1. The minimum atomic E-state index is -1.02. The van der Waals surface area contributed by atoms with Gasteiger partial charge in [0.25, 0.3) is 0 Å². The van der Waals surface area contributed by atoms with E-state index in [1.807, 2.05) is 58.0 Å². The highest BCUT2D eigenvalue weighted by Crippen LogP contribution is 2.39. The quantitative estimate of drug-likeness (QED) is 0.213. The summed E-state index contributed by atoms with van der Waals surface area (Å²) in [6.07, 6.45) is 1.76. The van der Waals surface area contributed by atoms with E-state index >= 15 is 4.39 Å². The van der Waals surface area contributed by atoms with Crippen LogP contribution in [-0.2, 0) is 17.9 Å². The molecular formula is C30H38FN5O3. The van der Waals surface area contributed by atoms with Gasteiger partial charge in [0.1, 0.15) is 11.4 Å². The van der Waals surface area contributed by atoms with E-state index in [9.17, 15) is 9.90 Å². The summed E-state index contributed by atoms with van der Waals surface area (Å²) in [7, 11) is 0. The standard InChI is InChI=1S/C30H38FN5O3/c1-6-36(33)24-12-11-22(27(31)28(24)32)26(19(3)29(37)38)20-10-9-18(2)21(14-20)15-35-16-23-25(8-7-13-34-23)39-30(4,5)17-35/h7-14,19,26H,6,15-17,32-33H2,1-5H3,(H,37,38). The van der Waals surface area contributed by atoms with Crippen LogP contribution in [0.3, 0.4) is 0 Å². The molecule has 2 atom stereocenters. The Hall–Kier alpha value is -3.69. The second-order valence-corrected chi connectivity index (χ2v) is 10.9. The molecule has 39 heavy (non-hydrogen) atoms. The topological polar surface area (TPSA) is 118 Å². The predicted octanol–water partition coefficient (Wildman–Crippen LogP) is 4.84. The van der Waals surface area contributed by atoms with Crippen molar-refractivity contribution in [1.29, 1.82) is 0 Å². The molecule has 0 amide bonds. The molecule has 1 aliphatic rings. The number of hydrogen-bond donors (Lipinski definition) is 3. The number of hydrazine groups is 1. The third-order valence-corrected chi connectivity index (χ3v) is 7.40. The second-order valence-electron chi connectivity index (χ2n) is 10.9. The lowest BCUT2D eigenvalue weighted by Crippen LogP contribution is -2.40. The molecule has 0 bridgehead atoms. The monoisotopic (exact) mass is 535 g/mol. The number of aromatic nitrogens is 1. The summed E-state index contributed by atoms with van der Waals surface area (Å²) in [6.45, 7) is 11.9. The number of carboxylic acid groups (broad SMARTS) is 1. The van der Waals surface area contributed by atoms with Gasteiger partial charge in [-0.15, -0.1) is 0 Å². The number of anilines is 2. The van der Waals surface area contributed by atoms with Crippen LogP contribution in [0, 0.1) is 18.7 Å². The first-order chi connectivity index (χ1) is 18.4. The van der Waals surface area contributed by atoms with Crippen LogP contribution in [0.25, 0.3) is 0 Å². The maximum Gasteiger partial charge on any atom is 0.307 e. The number of nitrogens with two attached hydrogens (primary N) is 2. The van der Waals surface area contributed by atoms with Crippen LogP contribution >= 0.6 is 0 Å². The molecule has 0 fully saturated rings. The molecule has 8 nitrogen and oxygen atoms in total. The van der Waals surface area contributed by atoms with Crippen molar-refractivity contribution < 1.29 is 19.0 Å². The Morgan fingerprint density at radius 2 is 2.03 bits per heavy atom. The molecule has 0 saturated heterocycles. The van der Waals surface area contributed by atoms with E-state index in [4.69, 9.17) is 16.3 Å². The number of benzene rings is 2. The molecule has 2 unspecified atom stereocenters. The smallest absolute Gasteiger partial charge is 0.307 e. The molecule has 1 aliphatic heterocycles. The Balaban J connectivity index is 1.74. The number of rotatable bonds is 8. The van der Waals surface area contributed by atoms with Gasteiger partial charge in [-0.2, -0.15) is 0 Å². The maximum atomic E-state index is 15.7. The van der Waals surface area contributed by atoms with E-state index in [1.54, 1.807) is 25.3 Å². The van der Waals surface area contributed by atoms with Crippen molar-refractivity contribution in [3.05, 3.63) is 82.4 Å². The van der Waals surface area contributed by atoms with Crippen molar-refractivity contribution in [2.24, 2.45) is 11.8 Å². The molecule has 208 valence electrons. The normalized spacial score (nSPS) is 16.5. The van der Waals surface area contributed by atoms with Gasteiger partial charge in [0.15, 0.2) is 5.82 Å². The molecule has 9 heteroatoms. The number of ether oxygens (including phenoxy) is 1. The van der Waals surface area contributed by atoms with Gasteiger partial charge < -0.3 is 20.6 Å². The highest BCUT2D eigenvalue weighted by atomic mass is 19.1. The fourth-order valence-electron chi connectivity index (χ4n) is 5.32. The van der Waals surface area contributed by atoms with Crippen LogP contribution in [-0.4, -0.2) is 39.7 Å². The highest BCUT2D eigenvalue weighted by molar-refractivity contribution is 5.74. The first-order valence-corrected chi connectivity index (χ1v) is 13.2. The van der Waals surface area contributed by atoms with Crippen LogP contribution in [0.2, 0.25) is 0 Å². The number of pyridine rings is 1. The van der Waals surface area contributed by atoms with Gasteiger partial charge >= 0.3 is 5.97 Å². The Morgan fingerprint density at radius 3 is 2.72 bits per heavy atom. The van der Waals surface area contributed by atoms with Crippen molar-refractivity contribution in [3.8, 4) is 5.75 Å². The number of hydrogen-bond acceptors (Lipinski definition) is 7. The predicted molar refractivity (Wildman–Crippen MR) is 151 cm³/mol. The second kappa shape index (κ2) is 11.2. The summed E-state index contributed by atoms with van der Waals surface area (Å²) in [5, 5.41) is 11.3. The average Bonchev–Trinajstić information content (AvgIpc) is 3.01. The Bertz CT molecular complexity index is 1360. The van der Waals surface area contributed by atoms with Gasteiger partial charge in [-0.3, -0.25) is 14.7 Å². The highest BCUT2D eigenvalue weighted by Gasteiger charge is 2.32. The summed E-state index contributed by atoms with van der Waals surface area (Å²) in [5.74, 6) is 3.43. The Kier molecular flexibility index (Phi) is 8.13. The lowest BCUT2D eigenvalue weighted by Gasteiger charge is -2.30. The zero-order chi connectivity index (χ0) is 28.5. The van der Waals surface area contributed by atoms with E-state index in [1.165, 1.54) is 5.01 Å². The molecule has 0 saturated carbocycles. The molecular weight excluding hydrogens is 497 g/mol. The van der Waals surface area contributed by atoms with E-state index in [0.29, 0.717) is 37.4 Å². The number of carbonyl (C=O) groups is 1. The Labute approximate surface area is 229 Å². The van der Waals surface area contributed by atoms with Gasteiger partial charge in [-0.05, 0) is 68.1 Å². The average molecular weight is 536 g/mol. The SMILES string of the molecule is CCN(N)c1ccc(C(c2ccc(C)c(CN3Cc4ncccc4OC(C)(C)C3)c2)C(C)C(=O)O)c(F)c1N. The van der Waals surface area contributed by atoms with Gasteiger partial charge in [0, 0.05) is 38.3 Å². The molecule has 3 aromatic rings. The lowest BCUT2D eigenvalue weighted by molar-refractivity contribution is -0.141. The fourth-order valence-corrected chi connectivity index (χ4v) is 5.32. The van der Waals surface area contributed by atoms with Crippen LogP contribution < -0.4 is 21.3 Å². The van der Waals surface area contributed by atoms with Crippen molar-refractivity contribution in [1.82, 2.24) is 9.88 Å². The van der Waals surface area contributed by atoms with Crippen LogP contribution in [0.15, 0.2) is 48.7 Å². The number of aryl methyl sites for hydroxylation is 1. The molecule has 4 rings (SSSR count). The van der Waals surface area contributed by atoms with E-state index < -0.39 is 29.2 Å². The molecule has 0 radical (unpaired) electrons. The minimum Gasteiger partial charge on any atom is -0.485 e. The van der Waals surface area contributed by atoms with Crippen LogP contribution in [0.5, 0.6) is 5.75 Å². The minimum absolute atomic E-state index is 0.0928. The number of nitrogens with zero attached hydrogens (tertiary/aromatic N) is 3. The molecule has 0 aliphatic carbocycles. The van der Waals surface area contributed by atoms with E-state index in [0.717, 1.165) is 22.6 Å². The van der Waals surface area contributed by atoms with Gasteiger partial charge in [-0.1, -0.05) is 31.2 Å². The zero-order valence-corrected chi connectivity index (χ0v) is 23.2. The van der Waals surface area contributed by atoms with Gasteiger partial charge in [0.05, 0.1) is 23.0 Å². The Morgan fingerprint density at radius 1 is 1.28 bits per heavy atom. The van der Waals surface area contributed by atoms with Crippen molar-refractivity contribution in [2.75, 3.05) is 23.8 Å². The van der Waals surface area contributed by atoms with Crippen molar-refractivity contribution >= 4 is 17.3 Å². The molecule has 2 aromatic carbocycles. The number of halogens is 1. The lowest BCUT2D eigenvalue weighted by atomic mass is 9.80. The number of fused-ring (bicyclic) bond motifs is 1. The summed E-state index contributed by atoms with van der Waals surface area (Å²) in [6, 6.07) is 12.9. The number of aliphatic carboxylic acids is 1.